The zero-order valence-electron chi connectivity index (χ0n) is 10.8. The van der Waals surface area contributed by atoms with E-state index in [-0.39, 0.29) is 5.91 Å². The Balaban J connectivity index is 2.09. The molecule has 0 unspecified atom stereocenters. The first-order valence-corrected chi connectivity index (χ1v) is 5.96. The van der Waals surface area contributed by atoms with Crippen LogP contribution in [0.3, 0.4) is 0 Å². The Bertz CT molecular complexity index is 550. The zero-order valence-corrected chi connectivity index (χ0v) is 10.8. The molecule has 0 fully saturated rings. The van der Waals surface area contributed by atoms with E-state index in [1.807, 2.05) is 6.92 Å². The summed E-state index contributed by atoms with van der Waals surface area (Å²) in [7, 11) is 1.58. The van der Waals surface area contributed by atoms with Crippen LogP contribution in [-0.2, 0) is 6.54 Å². The monoisotopic (exact) mass is 261 g/mol. The maximum Gasteiger partial charge on any atom is 0.258 e. The van der Waals surface area contributed by atoms with Crippen LogP contribution in [-0.4, -0.2) is 33.2 Å². The summed E-state index contributed by atoms with van der Waals surface area (Å²) in [5.41, 5.74) is 0.520. The van der Waals surface area contributed by atoms with E-state index >= 15 is 0 Å². The molecule has 1 aromatic heterocycles. The second-order valence-electron chi connectivity index (χ2n) is 3.91. The number of nitrogens with one attached hydrogen (secondary N) is 1. The molecule has 0 aliphatic carbocycles. The molecule has 100 valence electrons. The number of hydrogen-bond donors (Lipinski definition) is 1. The van der Waals surface area contributed by atoms with E-state index in [1.54, 1.807) is 36.1 Å². The summed E-state index contributed by atoms with van der Waals surface area (Å²) in [6.07, 6.45) is 0.885. The summed E-state index contributed by atoms with van der Waals surface area (Å²) in [4.78, 5) is 12.0. The van der Waals surface area contributed by atoms with Crippen LogP contribution in [0, 0.1) is 0 Å². The summed E-state index contributed by atoms with van der Waals surface area (Å²) in [6.45, 7) is 2.67. The number of methoxy groups -OCH3 is 1. The number of aryl methyl sites for hydroxylation is 1. The molecular formula is C12H15N5O2. The first-order valence-electron chi connectivity index (χ1n) is 5.96. The molecular weight excluding hydrogens is 246 g/mol. The van der Waals surface area contributed by atoms with Crippen LogP contribution in [0.2, 0.25) is 0 Å². The second-order valence-corrected chi connectivity index (χ2v) is 3.91. The van der Waals surface area contributed by atoms with Crippen molar-refractivity contribution < 1.29 is 9.53 Å². The molecule has 19 heavy (non-hydrogen) atoms. The summed E-state index contributed by atoms with van der Waals surface area (Å²) >= 11 is 0. The van der Waals surface area contributed by atoms with Gasteiger partial charge in [-0.25, -0.2) is 4.68 Å². The molecule has 1 aromatic carbocycles. The molecule has 0 saturated heterocycles. The number of aromatic nitrogens is 4. The third-order valence-corrected chi connectivity index (χ3v) is 2.54. The predicted octanol–water partition coefficient (Wildman–Crippen LogP) is 1.34. The van der Waals surface area contributed by atoms with Crippen molar-refractivity contribution in [3.05, 3.63) is 29.8 Å². The highest BCUT2D eigenvalue weighted by atomic mass is 16.5. The highest BCUT2D eigenvalue weighted by molar-refractivity contribution is 6.03. The molecule has 1 N–H and O–H groups in total. The molecule has 0 aliphatic heterocycles. The zero-order chi connectivity index (χ0) is 13.7. The molecule has 2 aromatic rings. The summed E-state index contributed by atoms with van der Waals surface area (Å²) in [5.74, 6) is 0.796. The molecule has 0 radical (unpaired) electrons. The fourth-order valence-corrected chi connectivity index (χ4v) is 1.57. The van der Waals surface area contributed by atoms with Gasteiger partial charge in [0.15, 0.2) is 0 Å². The van der Waals surface area contributed by atoms with Gasteiger partial charge in [-0.05, 0) is 41.1 Å². The number of ether oxygens (including phenoxy) is 1. The van der Waals surface area contributed by atoms with E-state index in [0.29, 0.717) is 23.8 Å². The second kappa shape index (κ2) is 5.94. The van der Waals surface area contributed by atoms with Crippen LogP contribution >= 0.6 is 0 Å². The average Bonchev–Trinajstić information content (AvgIpc) is 2.86. The topological polar surface area (TPSA) is 81.9 Å². The number of benzene rings is 1. The summed E-state index contributed by atoms with van der Waals surface area (Å²) < 4.78 is 6.59. The first-order chi connectivity index (χ1) is 9.24. The lowest BCUT2D eigenvalue weighted by atomic mass is 10.2. The molecule has 7 heteroatoms. The molecule has 1 amide bonds. The Morgan fingerprint density at radius 2 is 2.11 bits per heavy atom. The highest BCUT2D eigenvalue weighted by Gasteiger charge is 2.11. The standard InChI is InChI=1S/C12H15N5O2/c1-3-8-17-12(14-15-16-17)13-11(18)9-4-6-10(19-2)7-5-9/h4-7H,3,8H2,1-2H3,(H,13,14,16,18). The molecule has 0 aliphatic rings. The van der Waals surface area contributed by atoms with Gasteiger partial charge in [0.2, 0.25) is 5.95 Å². The van der Waals surface area contributed by atoms with Crippen LogP contribution in [0.5, 0.6) is 5.75 Å². The number of carbonyl (C=O) groups excluding carboxylic acids is 1. The Morgan fingerprint density at radius 1 is 1.37 bits per heavy atom. The van der Waals surface area contributed by atoms with E-state index in [2.05, 4.69) is 20.8 Å². The smallest absolute Gasteiger partial charge is 0.258 e. The number of nitrogens with zero attached hydrogens (tertiary/aromatic N) is 4. The molecule has 2 rings (SSSR count). The fourth-order valence-electron chi connectivity index (χ4n) is 1.57. The third kappa shape index (κ3) is 3.06. The molecule has 0 spiro atoms. The SMILES string of the molecule is CCCn1nnnc1NC(=O)c1ccc(OC)cc1. The van der Waals surface area contributed by atoms with E-state index in [4.69, 9.17) is 4.74 Å². The van der Waals surface area contributed by atoms with Gasteiger partial charge in [-0.2, -0.15) is 0 Å². The van der Waals surface area contributed by atoms with E-state index in [9.17, 15) is 4.79 Å². The minimum Gasteiger partial charge on any atom is -0.497 e. The van der Waals surface area contributed by atoms with Crippen molar-refractivity contribution in [1.29, 1.82) is 0 Å². The maximum atomic E-state index is 12.0. The van der Waals surface area contributed by atoms with Crippen molar-refractivity contribution in [2.75, 3.05) is 12.4 Å². The van der Waals surface area contributed by atoms with E-state index in [1.165, 1.54) is 0 Å². The maximum absolute atomic E-state index is 12.0. The first kappa shape index (κ1) is 13.0. The normalized spacial score (nSPS) is 10.2. The van der Waals surface area contributed by atoms with Crippen LogP contribution in [0.1, 0.15) is 23.7 Å². The lowest BCUT2D eigenvalue weighted by Crippen LogP contribution is -2.16. The van der Waals surface area contributed by atoms with Gasteiger partial charge in [-0.3, -0.25) is 10.1 Å². The molecule has 0 bridgehead atoms. The van der Waals surface area contributed by atoms with Gasteiger partial charge in [0.05, 0.1) is 7.11 Å². The van der Waals surface area contributed by atoms with Gasteiger partial charge in [-0.1, -0.05) is 12.0 Å². The Kier molecular flexibility index (Phi) is 4.07. The number of amides is 1. The highest BCUT2D eigenvalue weighted by Crippen LogP contribution is 2.12. The number of hydrogen-bond acceptors (Lipinski definition) is 5. The van der Waals surface area contributed by atoms with E-state index in [0.717, 1.165) is 6.42 Å². The number of anilines is 1. The average molecular weight is 261 g/mol. The van der Waals surface area contributed by atoms with Crippen molar-refractivity contribution >= 4 is 11.9 Å². The largest absolute Gasteiger partial charge is 0.497 e. The fraction of sp³-hybridized carbons (Fsp3) is 0.333. The van der Waals surface area contributed by atoms with Gasteiger partial charge >= 0.3 is 0 Å². The van der Waals surface area contributed by atoms with Crippen LogP contribution in [0.4, 0.5) is 5.95 Å². The van der Waals surface area contributed by atoms with Gasteiger partial charge in [0.25, 0.3) is 5.91 Å². The quantitative estimate of drug-likeness (QED) is 0.878. The predicted molar refractivity (Wildman–Crippen MR) is 69.1 cm³/mol. The molecule has 1 heterocycles. The minimum absolute atomic E-state index is 0.255. The van der Waals surface area contributed by atoms with Crippen molar-refractivity contribution in [3.8, 4) is 5.75 Å². The Hall–Kier alpha value is -2.44. The van der Waals surface area contributed by atoms with Gasteiger partial charge < -0.3 is 4.74 Å². The molecule has 0 atom stereocenters. The lowest BCUT2D eigenvalue weighted by molar-refractivity contribution is 0.102. The number of tetrazole rings is 1. The Labute approximate surface area is 110 Å². The molecule has 7 nitrogen and oxygen atoms in total. The van der Waals surface area contributed by atoms with Crippen molar-refractivity contribution in [2.24, 2.45) is 0 Å². The summed E-state index contributed by atoms with van der Waals surface area (Å²) in [6, 6.07) is 6.82. The van der Waals surface area contributed by atoms with E-state index < -0.39 is 0 Å². The van der Waals surface area contributed by atoms with Crippen molar-refractivity contribution in [1.82, 2.24) is 20.2 Å². The lowest BCUT2D eigenvalue weighted by Gasteiger charge is -2.05. The number of carbonyl (C=O) groups is 1. The Morgan fingerprint density at radius 3 is 2.74 bits per heavy atom. The van der Waals surface area contributed by atoms with Crippen molar-refractivity contribution in [2.45, 2.75) is 19.9 Å². The van der Waals surface area contributed by atoms with Gasteiger partial charge in [0.1, 0.15) is 5.75 Å². The number of rotatable bonds is 5. The minimum atomic E-state index is -0.255. The molecule has 0 saturated carbocycles. The summed E-state index contributed by atoms with van der Waals surface area (Å²) in [5, 5.41) is 13.8. The van der Waals surface area contributed by atoms with Crippen LogP contribution in [0.25, 0.3) is 0 Å². The van der Waals surface area contributed by atoms with Gasteiger partial charge in [-0.15, -0.1) is 0 Å². The van der Waals surface area contributed by atoms with Gasteiger partial charge in [0, 0.05) is 12.1 Å². The van der Waals surface area contributed by atoms with Crippen LogP contribution < -0.4 is 10.1 Å². The van der Waals surface area contributed by atoms with Crippen LogP contribution in [0.15, 0.2) is 24.3 Å². The van der Waals surface area contributed by atoms with Crippen molar-refractivity contribution in [3.63, 3.8) is 0 Å². The third-order valence-electron chi connectivity index (χ3n) is 2.54.